The first-order valence-electron chi connectivity index (χ1n) is 12.9. The van der Waals surface area contributed by atoms with Gasteiger partial charge in [0, 0.05) is 45.5 Å². The lowest BCUT2D eigenvalue weighted by Gasteiger charge is -2.13. The second-order valence-corrected chi connectivity index (χ2v) is 8.26. The average molecular weight is 535 g/mol. The number of rotatable bonds is 0. The summed E-state index contributed by atoms with van der Waals surface area (Å²) >= 11 is 0. The molecule has 1 aliphatic heterocycles. The summed E-state index contributed by atoms with van der Waals surface area (Å²) in [6, 6.07) is 0. The van der Waals surface area contributed by atoms with Crippen LogP contribution >= 0.6 is 0 Å². The molecule has 12 heteroatoms. The first kappa shape index (κ1) is 32.7. The van der Waals surface area contributed by atoms with Gasteiger partial charge < -0.3 is 37.9 Å². The van der Waals surface area contributed by atoms with Crippen LogP contribution < -0.4 is 0 Å². The molecule has 0 radical (unpaired) electrons. The molecule has 0 saturated carbocycles. The molecule has 0 bridgehead atoms. The lowest BCUT2D eigenvalue weighted by atomic mass is 10.3. The van der Waals surface area contributed by atoms with Crippen molar-refractivity contribution in [3.8, 4) is 0 Å². The largest absolute Gasteiger partial charge is 0.466 e. The van der Waals surface area contributed by atoms with Crippen LogP contribution in [0.25, 0.3) is 0 Å². The summed E-state index contributed by atoms with van der Waals surface area (Å²) in [6.45, 7) is 4.78. The van der Waals surface area contributed by atoms with Crippen LogP contribution in [-0.2, 0) is 57.1 Å². The van der Waals surface area contributed by atoms with Crippen LogP contribution in [0, 0.1) is 0 Å². The predicted molar refractivity (Wildman–Crippen MR) is 129 cm³/mol. The molecule has 1 heterocycles. The number of ether oxygens (including phenoxy) is 8. The van der Waals surface area contributed by atoms with Gasteiger partial charge in [0.2, 0.25) is 0 Å². The van der Waals surface area contributed by atoms with E-state index in [1.807, 2.05) is 0 Å². The molecule has 214 valence electrons. The molecule has 0 N–H and O–H groups in total. The topological polar surface area (TPSA) is 142 Å². The fourth-order valence-electron chi connectivity index (χ4n) is 2.88. The summed E-state index contributed by atoms with van der Waals surface area (Å²) in [5.74, 6) is -1.51. The zero-order valence-corrected chi connectivity index (χ0v) is 21.9. The smallest absolute Gasteiger partial charge is 0.308 e. The van der Waals surface area contributed by atoms with Gasteiger partial charge in [-0.15, -0.1) is 0 Å². The Hall–Kier alpha value is -2.28. The van der Waals surface area contributed by atoms with Crippen LogP contribution in [-0.4, -0.2) is 103 Å². The molecular formula is C25H42O12. The maximum Gasteiger partial charge on any atom is 0.308 e. The van der Waals surface area contributed by atoms with E-state index in [9.17, 15) is 19.2 Å². The van der Waals surface area contributed by atoms with E-state index in [0.29, 0.717) is 52.1 Å². The van der Waals surface area contributed by atoms with E-state index in [1.165, 1.54) is 0 Å². The van der Waals surface area contributed by atoms with Crippen molar-refractivity contribution in [1.82, 2.24) is 0 Å². The van der Waals surface area contributed by atoms with Crippen molar-refractivity contribution in [3.63, 3.8) is 0 Å². The number of carbonyl (C=O) groups excluding carboxylic acids is 4. The van der Waals surface area contributed by atoms with Gasteiger partial charge in [-0.2, -0.15) is 0 Å². The van der Waals surface area contributed by atoms with Gasteiger partial charge in [0.05, 0.1) is 78.5 Å². The third-order valence-corrected chi connectivity index (χ3v) is 4.89. The van der Waals surface area contributed by atoms with Crippen molar-refractivity contribution in [1.29, 1.82) is 0 Å². The Morgan fingerprint density at radius 3 is 1.24 bits per heavy atom. The van der Waals surface area contributed by atoms with Crippen LogP contribution in [0.2, 0.25) is 0 Å². The molecule has 37 heavy (non-hydrogen) atoms. The minimum atomic E-state index is -0.380. The van der Waals surface area contributed by atoms with Gasteiger partial charge in [-0.1, -0.05) is 0 Å². The molecule has 0 aromatic rings. The molecular weight excluding hydrogens is 492 g/mol. The van der Waals surface area contributed by atoms with Gasteiger partial charge in [-0.25, -0.2) is 0 Å². The fraction of sp³-hybridized carbons (Fsp3) is 0.840. The van der Waals surface area contributed by atoms with E-state index in [1.54, 1.807) is 6.92 Å². The first-order valence-corrected chi connectivity index (χ1v) is 12.9. The number of cyclic esters (lactones) is 4. The molecule has 1 atom stereocenters. The van der Waals surface area contributed by atoms with Gasteiger partial charge in [-0.3, -0.25) is 19.2 Å². The van der Waals surface area contributed by atoms with Crippen LogP contribution in [0.1, 0.15) is 58.3 Å². The van der Waals surface area contributed by atoms with E-state index >= 15 is 0 Å². The number of hydrogen-bond acceptors (Lipinski definition) is 12. The standard InChI is InChI=1S/C25H42O12/c1-21-5-16-31-12-4-15-36-23(27)7-18-32-17-6-22(26)34-13-2-10-30-11-3-14-35-24(28)8-19-33-20-9-25(29)37-21/h21H,2-20H2,1H3/t21-/m0/s1. The monoisotopic (exact) mass is 534 g/mol. The quantitative estimate of drug-likeness (QED) is 0.330. The van der Waals surface area contributed by atoms with Crippen LogP contribution in [0.3, 0.4) is 0 Å². The Morgan fingerprint density at radius 2 is 0.811 bits per heavy atom. The molecule has 1 aliphatic rings. The molecule has 0 amide bonds. The highest BCUT2D eigenvalue weighted by molar-refractivity contribution is 5.70. The molecule has 0 spiro atoms. The fourth-order valence-corrected chi connectivity index (χ4v) is 2.88. The third kappa shape index (κ3) is 21.5. The highest BCUT2D eigenvalue weighted by Gasteiger charge is 2.11. The molecule has 1 saturated heterocycles. The summed E-state index contributed by atoms with van der Waals surface area (Å²) in [5, 5.41) is 0. The van der Waals surface area contributed by atoms with Crippen molar-refractivity contribution >= 4 is 23.9 Å². The Balaban J connectivity index is 2.28. The van der Waals surface area contributed by atoms with Crippen LogP contribution in [0.5, 0.6) is 0 Å². The SMILES string of the molecule is C[C@H]1CCOCCCOC(=O)CCOCCC(=O)OCCCOCCCOC(=O)CCOCCC(=O)O1. The number of esters is 4. The third-order valence-electron chi connectivity index (χ3n) is 4.89. The van der Waals surface area contributed by atoms with Crippen LogP contribution in [0.15, 0.2) is 0 Å². The lowest BCUT2D eigenvalue weighted by molar-refractivity contribution is -0.150. The van der Waals surface area contributed by atoms with Crippen molar-refractivity contribution < 1.29 is 57.1 Å². The zero-order valence-electron chi connectivity index (χ0n) is 21.9. The van der Waals surface area contributed by atoms with E-state index < -0.39 is 0 Å². The molecule has 12 nitrogen and oxygen atoms in total. The van der Waals surface area contributed by atoms with Crippen molar-refractivity contribution in [2.45, 2.75) is 64.4 Å². The summed E-state index contributed by atoms with van der Waals surface area (Å²) in [5.41, 5.74) is 0. The van der Waals surface area contributed by atoms with Gasteiger partial charge in [-0.05, 0) is 6.92 Å². The van der Waals surface area contributed by atoms with E-state index in [0.717, 1.165) is 0 Å². The second kappa shape index (κ2) is 22.9. The predicted octanol–water partition coefficient (Wildman–Crippen LogP) is 1.75. The molecule has 1 rings (SSSR count). The molecule has 1 fully saturated rings. The lowest BCUT2D eigenvalue weighted by Crippen LogP contribution is -2.19. The average Bonchev–Trinajstić information content (AvgIpc) is 2.86. The normalized spacial score (nSPS) is 23.8. The van der Waals surface area contributed by atoms with Crippen molar-refractivity contribution in [2.24, 2.45) is 0 Å². The summed E-state index contributed by atoms with van der Waals surface area (Å²) in [6.07, 6.45) is 2.25. The summed E-state index contributed by atoms with van der Waals surface area (Å²) in [4.78, 5) is 46.9. The van der Waals surface area contributed by atoms with Gasteiger partial charge >= 0.3 is 23.9 Å². The highest BCUT2D eigenvalue weighted by atomic mass is 16.6. The summed E-state index contributed by atoms with van der Waals surface area (Å²) < 4.78 is 42.1. The number of carbonyl (C=O) groups is 4. The Labute approximate surface area is 218 Å². The highest BCUT2D eigenvalue weighted by Crippen LogP contribution is 2.02. The zero-order chi connectivity index (χ0) is 27.0. The Bertz CT molecular complexity index is 637. The minimum Gasteiger partial charge on any atom is -0.466 e. The Kier molecular flexibility index (Phi) is 20.3. The summed E-state index contributed by atoms with van der Waals surface area (Å²) in [7, 11) is 0. The molecule has 0 aromatic carbocycles. The van der Waals surface area contributed by atoms with Crippen LogP contribution in [0.4, 0.5) is 0 Å². The molecule has 0 aromatic heterocycles. The molecule has 0 unspecified atom stereocenters. The number of hydrogen-bond donors (Lipinski definition) is 0. The van der Waals surface area contributed by atoms with Crippen molar-refractivity contribution in [2.75, 3.05) is 72.7 Å². The maximum atomic E-state index is 11.9. The second-order valence-electron chi connectivity index (χ2n) is 8.26. The van der Waals surface area contributed by atoms with Gasteiger partial charge in [0.25, 0.3) is 0 Å². The molecule has 0 aliphatic carbocycles. The van der Waals surface area contributed by atoms with Gasteiger partial charge in [0.15, 0.2) is 0 Å². The maximum absolute atomic E-state index is 11.9. The van der Waals surface area contributed by atoms with Crippen molar-refractivity contribution in [3.05, 3.63) is 0 Å². The minimum absolute atomic E-state index is 0.0905. The van der Waals surface area contributed by atoms with E-state index in [2.05, 4.69) is 0 Å². The van der Waals surface area contributed by atoms with Gasteiger partial charge in [0.1, 0.15) is 6.10 Å². The first-order chi connectivity index (χ1) is 18.0. The van der Waals surface area contributed by atoms with E-state index in [4.69, 9.17) is 37.9 Å². The Morgan fingerprint density at radius 1 is 0.459 bits per heavy atom. The van der Waals surface area contributed by atoms with E-state index in [-0.39, 0.29) is 102 Å².